The maximum absolute atomic E-state index is 12.9. The van der Waals surface area contributed by atoms with Crippen LogP contribution in [0.15, 0.2) is 48.5 Å². The SMILES string of the molecule is Cc1ccc(C[C@@H]2CCCN(C(=O)[C@@H]3Cc4ccccc4O3)C2)cc1. The third kappa shape index (κ3) is 3.55. The van der Waals surface area contributed by atoms with E-state index in [4.69, 9.17) is 4.74 Å². The lowest BCUT2D eigenvalue weighted by molar-refractivity contribution is -0.139. The highest BCUT2D eigenvalue weighted by Crippen LogP contribution is 2.30. The number of hydrogen-bond acceptors (Lipinski definition) is 2. The van der Waals surface area contributed by atoms with Crippen molar-refractivity contribution in [3.63, 3.8) is 0 Å². The number of aryl methyl sites for hydroxylation is 1. The van der Waals surface area contributed by atoms with Gasteiger partial charge in [-0.1, -0.05) is 48.0 Å². The Morgan fingerprint density at radius 1 is 1.16 bits per heavy atom. The van der Waals surface area contributed by atoms with E-state index in [1.54, 1.807) is 0 Å². The second kappa shape index (κ2) is 6.91. The summed E-state index contributed by atoms with van der Waals surface area (Å²) in [4.78, 5) is 14.9. The minimum Gasteiger partial charge on any atom is -0.480 e. The topological polar surface area (TPSA) is 29.5 Å². The molecule has 0 aliphatic carbocycles. The van der Waals surface area contributed by atoms with E-state index in [1.165, 1.54) is 17.5 Å². The number of carbonyl (C=O) groups excluding carboxylic acids is 1. The van der Waals surface area contributed by atoms with Crippen molar-refractivity contribution in [2.24, 2.45) is 5.92 Å². The van der Waals surface area contributed by atoms with E-state index in [2.05, 4.69) is 37.3 Å². The number of fused-ring (bicyclic) bond motifs is 1. The lowest BCUT2D eigenvalue weighted by Crippen LogP contribution is -2.46. The highest BCUT2D eigenvalue weighted by atomic mass is 16.5. The molecule has 1 fully saturated rings. The highest BCUT2D eigenvalue weighted by Gasteiger charge is 2.34. The molecule has 2 aromatic rings. The van der Waals surface area contributed by atoms with Crippen molar-refractivity contribution in [1.29, 1.82) is 0 Å². The molecule has 4 rings (SSSR count). The van der Waals surface area contributed by atoms with Gasteiger partial charge in [0.2, 0.25) is 0 Å². The zero-order chi connectivity index (χ0) is 17.2. The van der Waals surface area contributed by atoms with E-state index >= 15 is 0 Å². The lowest BCUT2D eigenvalue weighted by Gasteiger charge is -2.34. The average Bonchev–Trinajstić information content (AvgIpc) is 3.07. The molecule has 3 nitrogen and oxygen atoms in total. The number of piperidine rings is 1. The van der Waals surface area contributed by atoms with Gasteiger partial charge in [0.15, 0.2) is 6.10 Å². The minimum absolute atomic E-state index is 0.157. The third-order valence-corrected chi connectivity index (χ3v) is 5.40. The highest BCUT2D eigenvalue weighted by molar-refractivity contribution is 5.82. The van der Waals surface area contributed by atoms with E-state index < -0.39 is 0 Å². The molecule has 0 radical (unpaired) electrons. The maximum Gasteiger partial charge on any atom is 0.264 e. The van der Waals surface area contributed by atoms with Gasteiger partial charge in [0.05, 0.1) is 0 Å². The van der Waals surface area contributed by atoms with Gasteiger partial charge in [-0.15, -0.1) is 0 Å². The van der Waals surface area contributed by atoms with E-state index in [0.717, 1.165) is 37.2 Å². The number of amides is 1. The van der Waals surface area contributed by atoms with Crippen molar-refractivity contribution in [3.8, 4) is 5.75 Å². The Hall–Kier alpha value is -2.29. The summed E-state index contributed by atoms with van der Waals surface area (Å²) in [5.41, 5.74) is 3.81. The number of para-hydroxylation sites is 1. The summed E-state index contributed by atoms with van der Waals surface area (Å²) in [5, 5.41) is 0. The van der Waals surface area contributed by atoms with Gasteiger partial charge >= 0.3 is 0 Å². The van der Waals surface area contributed by atoms with Crippen LogP contribution >= 0.6 is 0 Å². The average molecular weight is 335 g/mol. The second-order valence-corrected chi connectivity index (χ2v) is 7.40. The van der Waals surface area contributed by atoms with Gasteiger partial charge in [0, 0.05) is 19.5 Å². The van der Waals surface area contributed by atoms with Crippen molar-refractivity contribution in [1.82, 2.24) is 4.90 Å². The molecule has 0 spiro atoms. The molecule has 0 bridgehead atoms. The molecular weight excluding hydrogens is 310 g/mol. The Balaban J connectivity index is 1.38. The lowest BCUT2D eigenvalue weighted by atomic mass is 9.90. The van der Waals surface area contributed by atoms with Gasteiger partial charge in [-0.2, -0.15) is 0 Å². The summed E-state index contributed by atoms with van der Waals surface area (Å²) in [5.74, 6) is 1.57. The first-order valence-electron chi connectivity index (χ1n) is 9.28. The van der Waals surface area contributed by atoms with Crippen LogP contribution in [-0.2, 0) is 17.6 Å². The Bertz CT molecular complexity index is 728. The Morgan fingerprint density at radius 3 is 2.76 bits per heavy atom. The molecule has 1 saturated heterocycles. The fourth-order valence-electron chi connectivity index (χ4n) is 4.01. The molecule has 2 heterocycles. The summed E-state index contributed by atoms with van der Waals surface area (Å²) in [7, 11) is 0. The van der Waals surface area contributed by atoms with Crippen LogP contribution in [0.3, 0.4) is 0 Å². The first kappa shape index (κ1) is 16.2. The molecule has 2 aromatic carbocycles. The third-order valence-electron chi connectivity index (χ3n) is 5.40. The molecule has 0 aromatic heterocycles. The van der Waals surface area contributed by atoms with Crippen LogP contribution in [0.2, 0.25) is 0 Å². The smallest absolute Gasteiger partial charge is 0.264 e. The van der Waals surface area contributed by atoms with Crippen LogP contribution in [0.1, 0.15) is 29.5 Å². The first-order valence-corrected chi connectivity index (χ1v) is 9.28. The fraction of sp³-hybridized carbons (Fsp3) is 0.409. The van der Waals surface area contributed by atoms with Crippen molar-refractivity contribution in [3.05, 3.63) is 65.2 Å². The van der Waals surface area contributed by atoms with Crippen molar-refractivity contribution >= 4 is 5.91 Å². The number of ether oxygens (including phenoxy) is 1. The molecule has 3 heteroatoms. The van der Waals surface area contributed by atoms with Gasteiger partial charge < -0.3 is 9.64 Å². The molecule has 130 valence electrons. The predicted molar refractivity (Wildman–Crippen MR) is 98.7 cm³/mol. The Labute approximate surface area is 149 Å². The number of likely N-dealkylation sites (tertiary alicyclic amines) is 1. The van der Waals surface area contributed by atoms with Crippen LogP contribution < -0.4 is 4.74 Å². The zero-order valence-electron chi connectivity index (χ0n) is 14.8. The van der Waals surface area contributed by atoms with Crippen LogP contribution in [0.25, 0.3) is 0 Å². The van der Waals surface area contributed by atoms with Crippen LogP contribution in [0.4, 0.5) is 0 Å². The maximum atomic E-state index is 12.9. The summed E-state index contributed by atoms with van der Waals surface area (Å²) >= 11 is 0. The number of benzene rings is 2. The monoisotopic (exact) mass is 335 g/mol. The van der Waals surface area contributed by atoms with Gasteiger partial charge in [0.1, 0.15) is 5.75 Å². The van der Waals surface area contributed by atoms with Crippen LogP contribution in [-0.4, -0.2) is 30.0 Å². The van der Waals surface area contributed by atoms with E-state index in [0.29, 0.717) is 12.3 Å². The normalized spacial score (nSPS) is 22.4. The van der Waals surface area contributed by atoms with E-state index in [9.17, 15) is 4.79 Å². The number of rotatable bonds is 3. The van der Waals surface area contributed by atoms with Crippen molar-refractivity contribution in [2.45, 2.75) is 38.7 Å². The van der Waals surface area contributed by atoms with Crippen LogP contribution in [0, 0.1) is 12.8 Å². The van der Waals surface area contributed by atoms with Gasteiger partial charge in [-0.05, 0) is 49.3 Å². The molecule has 0 N–H and O–H groups in total. The second-order valence-electron chi connectivity index (χ2n) is 7.40. The standard InChI is InChI=1S/C22H25NO2/c1-16-8-10-17(11-9-16)13-18-5-4-12-23(15-18)22(24)21-14-19-6-2-3-7-20(19)25-21/h2-3,6-11,18,21H,4-5,12-15H2,1H3/t18-,21-/m0/s1. The van der Waals surface area contributed by atoms with Crippen LogP contribution in [0.5, 0.6) is 5.75 Å². The number of nitrogens with zero attached hydrogens (tertiary/aromatic N) is 1. The van der Waals surface area contributed by atoms with Crippen molar-refractivity contribution < 1.29 is 9.53 Å². The Kier molecular flexibility index (Phi) is 4.48. The molecule has 2 aliphatic rings. The zero-order valence-corrected chi connectivity index (χ0v) is 14.8. The minimum atomic E-state index is -0.337. The first-order chi connectivity index (χ1) is 12.2. The molecule has 25 heavy (non-hydrogen) atoms. The molecule has 2 aliphatic heterocycles. The molecule has 0 saturated carbocycles. The largest absolute Gasteiger partial charge is 0.480 e. The summed E-state index contributed by atoms with van der Waals surface area (Å²) in [6, 6.07) is 16.8. The number of hydrogen-bond donors (Lipinski definition) is 0. The molecule has 0 unspecified atom stereocenters. The fourth-order valence-corrected chi connectivity index (χ4v) is 4.01. The molecule has 2 atom stereocenters. The van der Waals surface area contributed by atoms with Crippen molar-refractivity contribution in [2.75, 3.05) is 13.1 Å². The molecule has 1 amide bonds. The number of carbonyl (C=O) groups is 1. The van der Waals surface area contributed by atoms with Gasteiger partial charge in [-0.3, -0.25) is 4.79 Å². The predicted octanol–water partition coefficient (Wildman–Crippen LogP) is 3.78. The summed E-state index contributed by atoms with van der Waals surface area (Å²) < 4.78 is 5.90. The molecular formula is C22H25NO2. The van der Waals surface area contributed by atoms with E-state index in [1.807, 2.05) is 23.1 Å². The van der Waals surface area contributed by atoms with Gasteiger partial charge in [0.25, 0.3) is 5.91 Å². The summed E-state index contributed by atoms with van der Waals surface area (Å²) in [6.45, 7) is 3.83. The van der Waals surface area contributed by atoms with E-state index in [-0.39, 0.29) is 12.0 Å². The summed E-state index contributed by atoms with van der Waals surface area (Å²) in [6.07, 6.45) is 3.70. The Morgan fingerprint density at radius 2 is 1.96 bits per heavy atom. The quantitative estimate of drug-likeness (QED) is 0.854. The van der Waals surface area contributed by atoms with Gasteiger partial charge in [-0.25, -0.2) is 0 Å².